The van der Waals surface area contributed by atoms with Crippen molar-refractivity contribution in [3.63, 3.8) is 0 Å². The van der Waals surface area contributed by atoms with Crippen LogP contribution in [0.2, 0.25) is 0 Å². The summed E-state index contributed by atoms with van der Waals surface area (Å²) in [6.45, 7) is 0.246. The number of hydrogen-bond donors (Lipinski definition) is 1. The predicted octanol–water partition coefficient (Wildman–Crippen LogP) is 3.04. The number of carbonyl (C=O) groups is 2. The molecule has 0 aliphatic carbocycles. The number of benzene rings is 2. The highest BCUT2D eigenvalue weighted by molar-refractivity contribution is 9.10. The molecule has 1 saturated heterocycles. The Morgan fingerprint density at radius 3 is 2.60 bits per heavy atom. The first-order chi connectivity index (χ1) is 9.54. The molecule has 1 amide bonds. The van der Waals surface area contributed by atoms with Crippen molar-refractivity contribution in [2.75, 3.05) is 11.4 Å². The zero-order valence-electron chi connectivity index (χ0n) is 10.5. The topological polar surface area (TPSA) is 57.6 Å². The molecule has 1 fully saturated rings. The smallest absolute Gasteiger partial charge is 0.308 e. The van der Waals surface area contributed by atoms with Crippen molar-refractivity contribution < 1.29 is 14.7 Å². The Balaban J connectivity index is 1.96. The van der Waals surface area contributed by atoms with Crippen LogP contribution in [0.5, 0.6) is 0 Å². The monoisotopic (exact) mass is 333 g/mol. The van der Waals surface area contributed by atoms with Gasteiger partial charge in [-0.05, 0) is 35.0 Å². The van der Waals surface area contributed by atoms with E-state index in [1.165, 1.54) is 0 Å². The standard InChI is InChI=1S/C15H12BrNO3/c16-12-3-1-10-6-13(4-2-9(10)5-12)17-8-11(15(19)20)7-14(17)18/h1-6,11H,7-8H2,(H,19,20). The molecule has 4 nitrogen and oxygen atoms in total. The molecule has 0 spiro atoms. The predicted molar refractivity (Wildman–Crippen MR) is 79.7 cm³/mol. The quantitative estimate of drug-likeness (QED) is 0.918. The molecule has 20 heavy (non-hydrogen) atoms. The third-order valence-electron chi connectivity index (χ3n) is 3.57. The van der Waals surface area contributed by atoms with Crippen LogP contribution in [-0.2, 0) is 9.59 Å². The first kappa shape index (κ1) is 13.1. The summed E-state index contributed by atoms with van der Waals surface area (Å²) < 4.78 is 1.00. The van der Waals surface area contributed by atoms with E-state index >= 15 is 0 Å². The number of nitrogens with zero attached hydrogens (tertiary/aromatic N) is 1. The van der Waals surface area contributed by atoms with Crippen LogP contribution in [0.3, 0.4) is 0 Å². The van der Waals surface area contributed by atoms with E-state index in [2.05, 4.69) is 15.9 Å². The lowest BCUT2D eigenvalue weighted by Gasteiger charge is -2.16. The third kappa shape index (κ3) is 2.29. The summed E-state index contributed by atoms with van der Waals surface area (Å²) in [6.07, 6.45) is 0.0771. The minimum atomic E-state index is -0.912. The van der Waals surface area contributed by atoms with Gasteiger partial charge in [-0.15, -0.1) is 0 Å². The van der Waals surface area contributed by atoms with Crippen LogP contribution in [0.1, 0.15) is 6.42 Å². The van der Waals surface area contributed by atoms with Crippen LogP contribution in [0.4, 0.5) is 5.69 Å². The summed E-state index contributed by atoms with van der Waals surface area (Å²) in [5.41, 5.74) is 0.758. The van der Waals surface area contributed by atoms with E-state index in [4.69, 9.17) is 5.11 Å². The van der Waals surface area contributed by atoms with Crippen LogP contribution in [0.25, 0.3) is 10.8 Å². The molecule has 2 aromatic rings. The summed E-state index contributed by atoms with van der Waals surface area (Å²) in [5.74, 6) is -1.65. The van der Waals surface area contributed by atoms with Crippen molar-refractivity contribution in [3.05, 3.63) is 40.9 Å². The van der Waals surface area contributed by atoms with Gasteiger partial charge in [-0.2, -0.15) is 0 Å². The van der Waals surface area contributed by atoms with E-state index in [1.54, 1.807) is 4.90 Å². The van der Waals surface area contributed by atoms with E-state index in [0.29, 0.717) is 0 Å². The summed E-state index contributed by atoms with van der Waals surface area (Å²) in [7, 11) is 0. The van der Waals surface area contributed by atoms with Gasteiger partial charge in [0.05, 0.1) is 5.92 Å². The first-order valence-corrected chi connectivity index (χ1v) is 7.06. The van der Waals surface area contributed by atoms with Crippen molar-refractivity contribution in [3.8, 4) is 0 Å². The number of fused-ring (bicyclic) bond motifs is 1. The van der Waals surface area contributed by atoms with Crippen LogP contribution < -0.4 is 4.90 Å². The average molecular weight is 334 g/mol. The average Bonchev–Trinajstić information content (AvgIpc) is 2.80. The maximum Gasteiger partial charge on any atom is 0.308 e. The van der Waals surface area contributed by atoms with Gasteiger partial charge < -0.3 is 10.0 Å². The highest BCUT2D eigenvalue weighted by Gasteiger charge is 2.34. The molecule has 3 rings (SSSR count). The van der Waals surface area contributed by atoms with Crippen LogP contribution in [-0.4, -0.2) is 23.5 Å². The number of anilines is 1. The van der Waals surface area contributed by atoms with Gasteiger partial charge in [-0.25, -0.2) is 0 Å². The lowest BCUT2D eigenvalue weighted by atomic mass is 10.1. The molecule has 1 unspecified atom stereocenters. The van der Waals surface area contributed by atoms with Gasteiger partial charge >= 0.3 is 5.97 Å². The Hall–Kier alpha value is -1.88. The summed E-state index contributed by atoms with van der Waals surface area (Å²) >= 11 is 3.42. The van der Waals surface area contributed by atoms with Gasteiger partial charge in [-0.1, -0.05) is 28.1 Å². The number of aliphatic carboxylic acids is 1. The van der Waals surface area contributed by atoms with Gasteiger partial charge in [0.15, 0.2) is 0 Å². The maximum atomic E-state index is 11.9. The molecule has 102 valence electrons. The summed E-state index contributed by atoms with van der Waals surface area (Å²) in [6, 6.07) is 11.6. The highest BCUT2D eigenvalue weighted by atomic mass is 79.9. The molecule has 1 N–H and O–H groups in total. The fourth-order valence-electron chi connectivity index (χ4n) is 2.49. The minimum Gasteiger partial charge on any atom is -0.481 e. The van der Waals surface area contributed by atoms with Crippen LogP contribution in [0, 0.1) is 5.92 Å². The SMILES string of the molecule is O=C(O)C1CC(=O)N(c2ccc3cc(Br)ccc3c2)C1. The number of carbonyl (C=O) groups excluding carboxylic acids is 1. The molecule has 1 aliphatic rings. The normalized spacial score (nSPS) is 18.8. The maximum absolute atomic E-state index is 11.9. The van der Waals surface area contributed by atoms with Gasteiger partial charge in [0.2, 0.25) is 5.91 Å². The molecule has 1 atom stereocenters. The second-order valence-corrected chi connectivity index (χ2v) is 5.84. The number of carboxylic acid groups (broad SMARTS) is 1. The number of hydrogen-bond acceptors (Lipinski definition) is 2. The molecule has 5 heteroatoms. The zero-order chi connectivity index (χ0) is 14.3. The number of rotatable bonds is 2. The van der Waals surface area contributed by atoms with E-state index in [1.807, 2.05) is 36.4 Å². The number of carboxylic acids is 1. The molecule has 0 bridgehead atoms. The molecule has 0 radical (unpaired) electrons. The summed E-state index contributed by atoms with van der Waals surface area (Å²) in [4.78, 5) is 24.5. The fraction of sp³-hybridized carbons (Fsp3) is 0.200. The van der Waals surface area contributed by atoms with E-state index in [-0.39, 0.29) is 18.9 Å². The van der Waals surface area contributed by atoms with Gasteiger partial charge in [0.1, 0.15) is 0 Å². The Labute approximate surface area is 124 Å². The Bertz CT molecular complexity index is 713. The summed E-state index contributed by atoms with van der Waals surface area (Å²) in [5, 5.41) is 11.1. The lowest BCUT2D eigenvalue weighted by molar-refractivity contribution is -0.141. The Morgan fingerprint density at radius 1 is 1.20 bits per heavy atom. The molecule has 0 saturated carbocycles. The van der Waals surface area contributed by atoms with Crippen molar-refractivity contribution in [2.24, 2.45) is 5.92 Å². The van der Waals surface area contributed by atoms with E-state index < -0.39 is 11.9 Å². The molecule has 1 aliphatic heterocycles. The van der Waals surface area contributed by atoms with E-state index in [9.17, 15) is 9.59 Å². The van der Waals surface area contributed by atoms with Crippen LogP contribution in [0.15, 0.2) is 40.9 Å². The Morgan fingerprint density at radius 2 is 1.90 bits per heavy atom. The molecular weight excluding hydrogens is 322 g/mol. The molecule has 1 heterocycles. The number of halogens is 1. The van der Waals surface area contributed by atoms with Crippen molar-refractivity contribution in [2.45, 2.75) is 6.42 Å². The second-order valence-electron chi connectivity index (χ2n) is 4.92. The Kier molecular flexibility index (Phi) is 3.22. The fourth-order valence-corrected chi connectivity index (χ4v) is 2.87. The van der Waals surface area contributed by atoms with Crippen molar-refractivity contribution in [1.29, 1.82) is 0 Å². The second kappa shape index (κ2) is 4.90. The first-order valence-electron chi connectivity index (χ1n) is 6.27. The lowest BCUT2D eigenvalue weighted by Crippen LogP contribution is -2.25. The molecular formula is C15H12BrNO3. The number of amides is 1. The third-order valence-corrected chi connectivity index (χ3v) is 4.07. The highest BCUT2D eigenvalue weighted by Crippen LogP contribution is 2.29. The van der Waals surface area contributed by atoms with E-state index in [0.717, 1.165) is 20.9 Å². The van der Waals surface area contributed by atoms with Crippen LogP contribution >= 0.6 is 15.9 Å². The van der Waals surface area contributed by atoms with Gasteiger partial charge in [0, 0.05) is 23.1 Å². The molecule has 2 aromatic carbocycles. The zero-order valence-corrected chi connectivity index (χ0v) is 12.1. The van der Waals surface area contributed by atoms with Crippen molar-refractivity contribution >= 4 is 44.3 Å². The largest absolute Gasteiger partial charge is 0.481 e. The minimum absolute atomic E-state index is 0.0771. The van der Waals surface area contributed by atoms with Crippen molar-refractivity contribution in [1.82, 2.24) is 0 Å². The molecule has 0 aromatic heterocycles. The van der Waals surface area contributed by atoms with Gasteiger partial charge in [0.25, 0.3) is 0 Å². The van der Waals surface area contributed by atoms with Gasteiger partial charge in [-0.3, -0.25) is 9.59 Å².